The van der Waals surface area contributed by atoms with Crippen molar-refractivity contribution in [2.45, 2.75) is 0 Å². The second-order valence-electron chi connectivity index (χ2n) is 4.37. The van der Waals surface area contributed by atoms with Crippen molar-refractivity contribution in [1.29, 1.82) is 0 Å². The molecule has 3 aromatic rings. The van der Waals surface area contributed by atoms with Crippen molar-refractivity contribution in [2.75, 3.05) is 7.11 Å². The van der Waals surface area contributed by atoms with Gasteiger partial charge in [-0.1, -0.05) is 18.2 Å². The zero-order valence-electron chi connectivity index (χ0n) is 11.2. The van der Waals surface area contributed by atoms with Crippen LogP contribution in [0.1, 0.15) is 0 Å². The smallest absolute Gasteiger partial charge is 0.200 e. The maximum absolute atomic E-state index is 13.9. The number of nitrogens with one attached hydrogen (secondary N) is 1. The Hall–Kier alpha value is -2.47. The van der Waals surface area contributed by atoms with E-state index in [1.807, 2.05) is 30.3 Å². The van der Waals surface area contributed by atoms with E-state index < -0.39 is 5.82 Å². The van der Waals surface area contributed by atoms with E-state index in [0.717, 1.165) is 5.69 Å². The predicted octanol–water partition coefficient (Wildman–Crippen LogP) is 3.74. The lowest BCUT2D eigenvalue weighted by atomic mass is 10.2. The summed E-state index contributed by atoms with van der Waals surface area (Å²) in [5.74, 6) is 0.301. The highest BCUT2D eigenvalue weighted by Crippen LogP contribution is 2.26. The fraction of sp³-hybridized carbons (Fsp3) is 0.0667. The zero-order chi connectivity index (χ0) is 14.8. The lowest BCUT2D eigenvalue weighted by molar-refractivity contribution is 0.386. The van der Waals surface area contributed by atoms with Gasteiger partial charge in [0, 0.05) is 11.3 Å². The van der Waals surface area contributed by atoms with Crippen LogP contribution in [0.25, 0.3) is 17.1 Å². The average Bonchev–Trinajstić information content (AvgIpc) is 2.90. The van der Waals surface area contributed by atoms with Crippen LogP contribution in [0.3, 0.4) is 0 Å². The summed E-state index contributed by atoms with van der Waals surface area (Å²) in [6.07, 6.45) is 0. The predicted molar refractivity (Wildman–Crippen MR) is 80.7 cm³/mol. The van der Waals surface area contributed by atoms with Crippen LogP contribution in [0.15, 0.2) is 48.5 Å². The van der Waals surface area contributed by atoms with Gasteiger partial charge >= 0.3 is 0 Å². The van der Waals surface area contributed by atoms with Crippen LogP contribution < -0.4 is 4.74 Å². The molecule has 0 spiro atoms. The molecule has 1 aromatic heterocycles. The number of hydrogen-bond donors (Lipinski definition) is 1. The Morgan fingerprint density at radius 1 is 1.19 bits per heavy atom. The van der Waals surface area contributed by atoms with E-state index in [0.29, 0.717) is 16.2 Å². The highest BCUT2D eigenvalue weighted by molar-refractivity contribution is 7.71. The number of benzene rings is 2. The van der Waals surface area contributed by atoms with Crippen LogP contribution >= 0.6 is 12.2 Å². The number of rotatable bonds is 3. The van der Waals surface area contributed by atoms with E-state index in [-0.39, 0.29) is 5.75 Å². The Balaban J connectivity index is 2.17. The quantitative estimate of drug-likeness (QED) is 0.749. The molecule has 2 aromatic carbocycles. The van der Waals surface area contributed by atoms with Crippen molar-refractivity contribution in [2.24, 2.45) is 0 Å². The summed E-state index contributed by atoms with van der Waals surface area (Å²) in [4.78, 5) is 0. The minimum atomic E-state index is -0.441. The number of aromatic nitrogens is 3. The van der Waals surface area contributed by atoms with Crippen LogP contribution in [0.4, 0.5) is 4.39 Å². The third kappa shape index (κ3) is 2.45. The summed E-state index contributed by atoms with van der Waals surface area (Å²) in [5.41, 5.74) is 1.48. The van der Waals surface area contributed by atoms with Crippen molar-refractivity contribution in [3.8, 4) is 22.8 Å². The molecule has 0 aliphatic carbocycles. The fourth-order valence-electron chi connectivity index (χ4n) is 2.11. The standard InChI is InChI=1S/C15H12FN3OS/c1-20-13-8-7-10(9-12(13)16)14-17-18-15(21)19(14)11-5-3-2-4-6-11/h2-9H,1H3,(H,18,21). The van der Waals surface area contributed by atoms with Gasteiger partial charge < -0.3 is 4.74 Å². The third-order valence-corrected chi connectivity index (χ3v) is 3.37. The van der Waals surface area contributed by atoms with Gasteiger partial charge in [-0.25, -0.2) is 4.39 Å². The number of hydrogen-bond acceptors (Lipinski definition) is 3. The normalized spacial score (nSPS) is 10.6. The summed E-state index contributed by atoms with van der Waals surface area (Å²) in [6.45, 7) is 0. The molecule has 0 radical (unpaired) electrons. The molecular formula is C15H12FN3OS. The second-order valence-corrected chi connectivity index (χ2v) is 4.76. The van der Waals surface area contributed by atoms with Crippen molar-refractivity contribution in [1.82, 2.24) is 14.8 Å². The molecule has 1 heterocycles. The minimum Gasteiger partial charge on any atom is -0.494 e. The van der Waals surface area contributed by atoms with Crippen molar-refractivity contribution >= 4 is 12.2 Å². The highest BCUT2D eigenvalue weighted by Gasteiger charge is 2.13. The van der Waals surface area contributed by atoms with Gasteiger partial charge in [-0.2, -0.15) is 5.10 Å². The van der Waals surface area contributed by atoms with Gasteiger partial charge in [0.25, 0.3) is 0 Å². The molecule has 0 saturated carbocycles. The maximum atomic E-state index is 13.9. The van der Waals surface area contributed by atoms with Crippen LogP contribution in [-0.4, -0.2) is 21.9 Å². The van der Waals surface area contributed by atoms with Crippen LogP contribution in [0.2, 0.25) is 0 Å². The summed E-state index contributed by atoms with van der Waals surface area (Å²) in [6, 6.07) is 14.2. The van der Waals surface area contributed by atoms with Gasteiger partial charge in [-0.3, -0.25) is 9.67 Å². The molecule has 0 amide bonds. The van der Waals surface area contributed by atoms with Gasteiger partial charge in [0.1, 0.15) is 0 Å². The number of methoxy groups -OCH3 is 1. The molecule has 0 saturated heterocycles. The Kier molecular flexibility index (Phi) is 3.53. The van der Waals surface area contributed by atoms with Crippen molar-refractivity contribution < 1.29 is 9.13 Å². The molecular weight excluding hydrogens is 289 g/mol. The molecule has 0 bridgehead atoms. The topological polar surface area (TPSA) is 42.8 Å². The molecule has 0 unspecified atom stereocenters. The first-order valence-corrected chi connectivity index (χ1v) is 6.68. The van der Waals surface area contributed by atoms with Gasteiger partial charge in [0.15, 0.2) is 22.2 Å². The molecule has 0 aliphatic heterocycles. The monoisotopic (exact) mass is 301 g/mol. The van der Waals surface area contributed by atoms with Gasteiger partial charge in [0.2, 0.25) is 0 Å². The molecule has 1 N–H and O–H groups in total. The first kappa shape index (κ1) is 13.5. The van der Waals surface area contributed by atoms with Gasteiger partial charge in [-0.15, -0.1) is 0 Å². The van der Waals surface area contributed by atoms with Crippen molar-refractivity contribution in [3.63, 3.8) is 0 Å². The molecule has 21 heavy (non-hydrogen) atoms. The van der Waals surface area contributed by atoms with E-state index in [4.69, 9.17) is 17.0 Å². The van der Waals surface area contributed by atoms with E-state index in [1.165, 1.54) is 13.2 Å². The van der Waals surface area contributed by atoms with Crippen LogP contribution in [-0.2, 0) is 0 Å². The Morgan fingerprint density at radius 2 is 1.95 bits per heavy atom. The number of halogens is 1. The van der Waals surface area contributed by atoms with Gasteiger partial charge in [-0.05, 0) is 42.5 Å². The number of ether oxygens (including phenoxy) is 1. The largest absolute Gasteiger partial charge is 0.494 e. The Morgan fingerprint density at radius 3 is 2.62 bits per heavy atom. The number of H-pyrrole nitrogens is 1. The van der Waals surface area contributed by atoms with Crippen molar-refractivity contribution in [3.05, 3.63) is 59.1 Å². The Bertz CT molecular complexity index is 826. The molecule has 0 atom stereocenters. The summed E-state index contributed by atoms with van der Waals surface area (Å²) >= 11 is 5.26. The van der Waals surface area contributed by atoms with E-state index in [1.54, 1.807) is 16.7 Å². The number of nitrogens with zero attached hydrogens (tertiary/aromatic N) is 2. The van der Waals surface area contributed by atoms with Crippen LogP contribution in [0.5, 0.6) is 5.75 Å². The molecule has 6 heteroatoms. The summed E-state index contributed by atoms with van der Waals surface area (Å²) in [5, 5.41) is 6.94. The summed E-state index contributed by atoms with van der Waals surface area (Å²) < 4.78 is 21.0. The third-order valence-electron chi connectivity index (χ3n) is 3.10. The number of para-hydroxylation sites is 1. The molecule has 0 fully saturated rings. The zero-order valence-corrected chi connectivity index (χ0v) is 12.0. The first-order valence-electron chi connectivity index (χ1n) is 6.27. The molecule has 106 valence electrons. The highest BCUT2D eigenvalue weighted by atomic mass is 32.1. The average molecular weight is 301 g/mol. The second kappa shape index (κ2) is 5.49. The van der Waals surface area contributed by atoms with E-state index in [2.05, 4.69) is 10.2 Å². The molecule has 3 rings (SSSR count). The maximum Gasteiger partial charge on any atom is 0.200 e. The van der Waals surface area contributed by atoms with E-state index in [9.17, 15) is 4.39 Å². The molecule has 0 aliphatic rings. The lowest BCUT2D eigenvalue weighted by Gasteiger charge is -2.08. The SMILES string of the molecule is COc1ccc(-c2n[nH]c(=S)n2-c2ccccc2)cc1F. The van der Waals surface area contributed by atoms with Gasteiger partial charge in [0.05, 0.1) is 7.11 Å². The Labute approximate surface area is 125 Å². The summed E-state index contributed by atoms with van der Waals surface area (Å²) in [7, 11) is 1.43. The fourth-order valence-corrected chi connectivity index (χ4v) is 2.35. The van der Waals surface area contributed by atoms with Crippen LogP contribution in [0, 0.1) is 10.6 Å². The first-order chi connectivity index (χ1) is 10.2. The minimum absolute atomic E-state index is 0.194. The van der Waals surface area contributed by atoms with E-state index >= 15 is 0 Å². The number of aromatic amines is 1. The lowest BCUT2D eigenvalue weighted by Crippen LogP contribution is -1.98. The molecule has 4 nitrogen and oxygen atoms in total.